The molecule has 0 unspecified atom stereocenters. The Bertz CT molecular complexity index is 627. The van der Waals surface area contributed by atoms with E-state index in [1.54, 1.807) is 18.2 Å². The van der Waals surface area contributed by atoms with E-state index in [9.17, 15) is 9.18 Å². The van der Waals surface area contributed by atoms with Crippen LogP contribution in [0.1, 0.15) is 15.9 Å². The fourth-order valence-electron chi connectivity index (χ4n) is 2.01. The Hall–Kier alpha value is -2.40. The Balaban J connectivity index is 2.18. The number of methoxy groups -OCH3 is 1. The summed E-state index contributed by atoms with van der Waals surface area (Å²) in [6.07, 6.45) is 0.773. The third kappa shape index (κ3) is 3.58. The van der Waals surface area contributed by atoms with Crippen LogP contribution in [0.5, 0.6) is 5.75 Å². The Morgan fingerprint density at radius 2 is 1.95 bits per heavy atom. The molecule has 0 fully saturated rings. The molecule has 0 spiro atoms. The van der Waals surface area contributed by atoms with Gasteiger partial charge in [0.05, 0.1) is 7.11 Å². The molecule has 1 amide bonds. The summed E-state index contributed by atoms with van der Waals surface area (Å²) in [7, 11) is 1.40. The summed E-state index contributed by atoms with van der Waals surface area (Å²) in [5, 5.41) is 2.65. The molecule has 2 aromatic rings. The van der Waals surface area contributed by atoms with Gasteiger partial charge in [-0.05, 0) is 42.8 Å². The highest BCUT2D eigenvalue weighted by atomic mass is 19.1. The van der Waals surface area contributed by atoms with Gasteiger partial charge in [-0.1, -0.05) is 18.2 Å². The van der Waals surface area contributed by atoms with Crippen molar-refractivity contribution in [3.05, 3.63) is 59.4 Å². The van der Waals surface area contributed by atoms with Crippen molar-refractivity contribution >= 4 is 11.6 Å². The minimum Gasteiger partial charge on any atom is -0.496 e. The lowest BCUT2D eigenvalue weighted by Crippen LogP contribution is -2.15. The molecule has 2 aromatic carbocycles. The standard InChI is InChI=1S/C16H17FN2O2/c1-21-14-4-2-3-13(17)15(14)16(20)19-12-7-5-11(6-8-12)9-10-18/h2-8H,9-10,18H2,1H3,(H,19,20). The van der Waals surface area contributed by atoms with Crippen molar-refractivity contribution in [3.63, 3.8) is 0 Å². The summed E-state index contributed by atoms with van der Waals surface area (Å²) in [6.45, 7) is 0.568. The molecule has 0 aromatic heterocycles. The van der Waals surface area contributed by atoms with Crippen LogP contribution in [-0.4, -0.2) is 19.6 Å². The minimum atomic E-state index is -0.619. The van der Waals surface area contributed by atoms with Crippen molar-refractivity contribution in [3.8, 4) is 5.75 Å². The first-order valence-corrected chi connectivity index (χ1v) is 6.58. The van der Waals surface area contributed by atoms with E-state index < -0.39 is 11.7 Å². The molecular formula is C16H17FN2O2. The van der Waals surface area contributed by atoms with Crippen molar-refractivity contribution in [2.75, 3.05) is 19.0 Å². The first-order valence-electron chi connectivity index (χ1n) is 6.58. The van der Waals surface area contributed by atoms with E-state index >= 15 is 0 Å². The second-order valence-corrected chi connectivity index (χ2v) is 4.51. The fourth-order valence-corrected chi connectivity index (χ4v) is 2.01. The molecule has 0 aliphatic heterocycles. The lowest BCUT2D eigenvalue weighted by atomic mass is 10.1. The predicted molar refractivity (Wildman–Crippen MR) is 80.1 cm³/mol. The van der Waals surface area contributed by atoms with E-state index in [1.165, 1.54) is 19.2 Å². The second kappa shape index (κ2) is 6.85. The quantitative estimate of drug-likeness (QED) is 0.888. The number of carbonyl (C=O) groups is 1. The van der Waals surface area contributed by atoms with Crippen LogP contribution in [0.25, 0.3) is 0 Å². The van der Waals surface area contributed by atoms with Gasteiger partial charge < -0.3 is 15.8 Å². The number of amides is 1. The van der Waals surface area contributed by atoms with Crippen LogP contribution >= 0.6 is 0 Å². The SMILES string of the molecule is COc1cccc(F)c1C(=O)Nc1ccc(CCN)cc1. The van der Waals surface area contributed by atoms with Crippen LogP contribution in [0.15, 0.2) is 42.5 Å². The zero-order chi connectivity index (χ0) is 15.2. The van der Waals surface area contributed by atoms with E-state index in [0.29, 0.717) is 12.2 Å². The molecule has 110 valence electrons. The van der Waals surface area contributed by atoms with Gasteiger partial charge in [0.1, 0.15) is 17.1 Å². The van der Waals surface area contributed by atoms with E-state index in [4.69, 9.17) is 10.5 Å². The Morgan fingerprint density at radius 3 is 2.57 bits per heavy atom. The first-order chi connectivity index (χ1) is 10.2. The molecule has 0 atom stereocenters. The number of hydrogen-bond donors (Lipinski definition) is 2. The van der Waals surface area contributed by atoms with Gasteiger partial charge in [-0.25, -0.2) is 4.39 Å². The molecule has 21 heavy (non-hydrogen) atoms. The van der Waals surface area contributed by atoms with E-state index in [0.717, 1.165) is 12.0 Å². The molecule has 0 radical (unpaired) electrons. The normalized spacial score (nSPS) is 10.2. The van der Waals surface area contributed by atoms with E-state index in [1.807, 2.05) is 12.1 Å². The Kier molecular flexibility index (Phi) is 4.90. The van der Waals surface area contributed by atoms with Gasteiger partial charge in [-0.15, -0.1) is 0 Å². The molecule has 0 aliphatic carbocycles. The number of carbonyl (C=O) groups excluding carboxylic acids is 1. The third-order valence-corrected chi connectivity index (χ3v) is 3.07. The number of rotatable bonds is 5. The second-order valence-electron chi connectivity index (χ2n) is 4.51. The number of hydrogen-bond acceptors (Lipinski definition) is 3. The van der Waals surface area contributed by atoms with Gasteiger partial charge in [-0.2, -0.15) is 0 Å². The number of nitrogens with one attached hydrogen (secondary N) is 1. The summed E-state index contributed by atoms with van der Waals surface area (Å²) < 4.78 is 18.8. The maximum Gasteiger partial charge on any atom is 0.262 e. The molecule has 0 bridgehead atoms. The van der Waals surface area contributed by atoms with Crippen molar-refractivity contribution in [1.29, 1.82) is 0 Å². The summed E-state index contributed by atoms with van der Waals surface area (Å²) in [4.78, 5) is 12.2. The molecule has 0 saturated carbocycles. The zero-order valence-corrected chi connectivity index (χ0v) is 11.7. The van der Waals surface area contributed by atoms with Crippen molar-refractivity contribution in [2.45, 2.75) is 6.42 Å². The minimum absolute atomic E-state index is 0.106. The van der Waals surface area contributed by atoms with Crippen molar-refractivity contribution in [1.82, 2.24) is 0 Å². The number of ether oxygens (including phenoxy) is 1. The van der Waals surface area contributed by atoms with Crippen LogP contribution in [0.2, 0.25) is 0 Å². The predicted octanol–water partition coefficient (Wildman–Crippen LogP) is 2.59. The molecule has 0 saturated heterocycles. The topological polar surface area (TPSA) is 64.3 Å². The number of nitrogens with two attached hydrogens (primary N) is 1. The smallest absolute Gasteiger partial charge is 0.262 e. The van der Waals surface area contributed by atoms with Crippen molar-refractivity contribution in [2.24, 2.45) is 5.73 Å². The molecule has 4 nitrogen and oxygen atoms in total. The van der Waals surface area contributed by atoms with E-state index in [-0.39, 0.29) is 11.3 Å². The summed E-state index contributed by atoms with van der Waals surface area (Å²) in [6, 6.07) is 11.5. The monoisotopic (exact) mass is 288 g/mol. The van der Waals surface area contributed by atoms with Crippen LogP contribution in [0, 0.1) is 5.82 Å². The molecular weight excluding hydrogens is 271 g/mol. The van der Waals surface area contributed by atoms with Gasteiger partial charge >= 0.3 is 0 Å². The number of halogens is 1. The Labute approximate surface area is 122 Å². The van der Waals surface area contributed by atoms with Crippen molar-refractivity contribution < 1.29 is 13.9 Å². The maximum absolute atomic E-state index is 13.8. The van der Waals surface area contributed by atoms with Crippen LogP contribution in [-0.2, 0) is 6.42 Å². The molecule has 2 rings (SSSR count). The Morgan fingerprint density at radius 1 is 1.24 bits per heavy atom. The highest BCUT2D eigenvalue weighted by Crippen LogP contribution is 2.22. The largest absolute Gasteiger partial charge is 0.496 e. The first kappa shape index (κ1) is 15.0. The highest BCUT2D eigenvalue weighted by Gasteiger charge is 2.17. The third-order valence-electron chi connectivity index (χ3n) is 3.07. The summed E-state index contributed by atoms with van der Waals surface area (Å²) in [5.74, 6) is -0.963. The lowest BCUT2D eigenvalue weighted by molar-refractivity contribution is 0.102. The fraction of sp³-hybridized carbons (Fsp3) is 0.188. The van der Waals surface area contributed by atoms with Gasteiger partial charge in [0.2, 0.25) is 0 Å². The van der Waals surface area contributed by atoms with Crippen LogP contribution in [0.4, 0.5) is 10.1 Å². The zero-order valence-electron chi connectivity index (χ0n) is 11.7. The average Bonchev–Trinajstić information content (AvgIpc) is 2.49. The summed E-state index contributed by atoms with van der Waals surface area (Å²) >= 11 is 0. The average molecular weight is 288 g/mol. The molecule has 5 heteroatoms. The summed E-state index contributed by atoms with van der Waals surface area (Å²) in [5.41, 5.74) is 7.04. The number of anilines is 1. The van der Waals surface area contributed by atoms with E-state index in [2.05, 4.69) is 5.32 Å². The van der Waals surface area contributed by atoms with Crippen LogP contribution < -0.4 is 15.8 Å². The molecule has 0 heterocycles. The van der Waals surface area contributed by atoms with Crippen LogP contribution in [0.3, 0.4) is 0 Å². The van der Waals surface area contributed by atoms with Gasteiger partial charge in [-0.3, -0.25) is 4.79 Å². The number of benzene rings is 2. The van der Waals surface area contributed by atoms with Gasteiger partial charge in [0, 0.05) is 5.69 Å². The molecule has 3 N–H and O–H groups in total. The maximum atomic E-state index is 13.8. The molecule has 0 aliphatic rings. The lowest BCUT2D eigenvalue weighted by Gasteiger charge is -2.10. The van der Waals surface area contributed by atoms with Gasteiger partial charge in [0.25, 0.3) is 5.91 Å². The highest BCUT2D eigenvalue weighted by molar-refractivity contribution is 6.06. The van der Waals surface area contributed by atoms with Gasteiger partial charge in [0.15, 0.2) is 0 Å².